The zero-order valence-electron chi connectivity index (χ0n) is 18.4. The highest BCUT2D eigenvalue weighted by Crippen LogP contribution is 2.26. The molecule has 0 aliphatic rings. The zero-order valence-corrected chi connectivity index (χ0v) is 19.2. The maximum atomic E-state index is 13.3. The number of carbonyl (C=O) groups excluding carboxylic acids is 1. The van der Waals surface area contributed by atoms with Gasteiger partial charge in [0.25, 0.3) is 5.91 Å². The van der Waals surface area contributed by atoms with Crippen molar-refractivity contribution in [3.8, 4) is 0 Å². The molecule has 1 aromatic heterocycles. The fourth-order valence-electron chi connectivity index (χ4n) is 3.64. The maximum Gasteiger partial charge on any atom is 0.305 e. The Kier molecular flexibility index (Phi) is 6.98. The zero-order chi connectivity index (χ0) is 24.1. The number of aliphatic carboxylic acids is 1. The van der Waals surface area contributed by atoms with E-state index in [0.29, 0.717) is 16.8 Å². The number of nitrogens with zero attached hydrogens (tertiary/aromatic N) is 2. The number of benzene rings is 3. The molecule has 0 atom stereocenters. The minimum atomic E-state index is -0.954. The average Bonchev–Trinajstić information content (AvgIpc) is 3.25. The predicted molar refractivity (Wildman–Crippen MR) is 135 cm³/mol. The molecule has 4 rings (SSSR count). The number of para-hydroxylation sites is 1. The summed E-state index contributed by atoms with van der Waals surface area (Å²) in [5, 5.41) is 17.6. The van der Waals surface area contributed by atoms with E-state index in [1.165, 1.54) is 4.90 Å². The number of fused-ring (bicyclic) bond motifs is 1. The average molecular weight is 473 g/mol. The normalized spacial score (nSPS) is 10.8. The molecular formula is C26H24N4O3S. The van der Waals surface area contributed by atoms with Crippen molar-refractivity contribution in [3.63, 3.8) is 0 Å². The molecule has 172 valence electrons. The molecule has 3 aromatic carbocycles. The molecule has 1 heterocycles. The van der Waals surface area contributed by atoms with Crippen LogP contribution in [0.4, 0.5) is 5.69 Å². The van der Waals surface area contributed by atoms with Crippen molar-refractivity contribution < 1.29 is 14.7 Å². The van der Waals surface area contributed by atoms with Crippen molar-refractivity contribution in [1.82, 2.24) is 4.98 Å². The summed E-state index contributed by atoms with van der Waals surface area (Å²) in [7, 11) is 0. The Labute approximate surface area is 201 Å². The van der Waals surface area contributed by atoms with Gasteiger partial charge < -0.3 is 15.7 Å². The lowest BCUT2D eigenvalue weighted by atomic mass is 10.1. The van der Waals surface area contributed by atoms with Gasteiger partial charge in [-0.15, -0.1) is 11.3 Å². The molecule has 0 fully saturated rings. The van der Waals surface area contributed by atoms with Crippen LogP contribution < -0.4 is 10.6 Å². The van der Waals surface area contributed by atoms with Crippen molar-refractivity contribution in [2.75, 3.05) is 11.4 Å². The number of carboxylic acid groups (broad SMARTS) is 1. The van der Waals surface area contributed by atoms with Gasteiger partial charge in [0.1, 0.15) is 5.84 Å². The second-order valence-corrected chi connectivity index (χ2v) is 8.95. The summed E-state index contributed by atoms with van der Waals surface area (Å²) in [6, 6.07) is 22.1. The molecule has 0 unspecified atom stereocenters. The third-order valence-corrected chi connectivity index (χ3v) is 6.53. The van der Waals surface area contributed by atoms with E-state index in [4.69, 9.17) is 21.2 Å². The topological polar surface area (TPSA) is 120 Å². The monoisotopic (exact) mass is 472 g/mol. The molecule has 0 bridgehead atoms. The fraction of sp³-hybridized carbons (Fsp3) is 0.154. The molecule has 4 N–H and O–H groups in total. The Morgan fingerprint density at radius 1 is 0.971 bits per heavy atom. The van der Waals surface area contributed by atoms with Crippen molar-refractivity contribution >= 4 is 45.0 Å². The number of carboxylic acids is 1. The smallest absolute Gasteiger partial charge is 0.305 e. The highest BCUT2D eigenvalue weighted by Gasteiger charge is 2.19. The molecule has 0 saturated carbocycles. The number of nitrogen functional groups attached to an aromatic ring is 1. The van der Waals surface area contributed by atoms with Crippen molar-refractivity contribution in [1.29, 1.82) is 5.41 Å². The molecule has 0 aliphatic heterocycles. The van der Waals surface area contributed by atoms with Crippen LogP contribution in [0, 0.1) is 5.41 Å². The number of amides is 1. The predicted octanol–water partition coefficient (Wildman–Crippen LogP) is 4.49. The summed E-state index contributed by atoms with van der Waals surface area (Å²) < 4.78 is 0.996. The van der Waals surface area contributed by atoms with Crippen LogP contribution in [0.5, 0.6) is 0 Å². The molecule has 0 radical (unpaired) electrons. The third kappa shape index (κ3) is 5.47. The molecule has 0 saturated heterocycles. The van der Waals surface area contributed by atoms with E-state index in [-0.39, 0.29) is 24.7 Å². The quantitative estimate of drug-likeness (QED) is 0.245. The van der Waals surface area contributed by atoms with Crippen molar-refractivity contribution in [3.05, 3.63) is 94.5 Å². The molecule has 0 aliphatic carbocycles. The van der Waals surface area contributed by atoms with Crippen LogP contribution in [-0.2, 0) is 17.6 Å². The number of nitrogens with one attached hydrogen (secondary N) is 1. The number of aryl methyl sites for hydroxylation is 2. The van der Waals surface area contributed by atoms with Gasteiger partial charge in [0.15, 0.2) is 0 Å². The summed E-state index contributed by atoms with van der Waals surface area (Å²) in [4.78, 5) is 30.6. The molecule has 8 heteroatoms. The summed E-state index contributed by atoms with van der Waals surface area (Å²) in [5.41, 5.74) is 9.23. The van der Waals surface area contributed by atoms with E-state index in [1.54, 1.807) is 35.6 Å². The first-order valence-electron chi connectivity index (χ1n) is 10.8. The second kappa shape index (κ2) is 10.3. The van der Waals surface area contributed by atoms with Gasteiger partial charge in [0, 0.05) is 29.8 Å². The fourth-order valence-corrected chi connectivity index (χ4v) is 4.58. The summed E-state index contributed by atoms with van der Waals surface area (Å²) in [6.07, 6.45) is 1.43. The first-order chi connectivity index (χ1) is 16.4. The number of aromatic nitrogens is 1. The standard InChI is InChI=1S/C26H24N4O3S/c27-25(28)18-9-6-17(7-10-18)8-13-23-29-21-16-19(11-12-22(21)34-23)26(33)30(15-14-24(31)32)20-4-2-1-3-5-20/h1-7,9-12,16H,8,13-15H2,(H3,27,28)(H,31,32). The van der Waals surface area contributed by atoms with E-state index in [0.717, 1.165) is 33.6 Å². The van der Waals surface area contributed by atoms with Crippen LogP contribution in [0.25, 0.3) is 10.2 Å². The Morgan fingerprint density at radius 3 is 2.35 bits per heavy atom. The number of thiazole rings is 1. The minimum absolute atomic E-state index is 0.0527. The Bertz CT molecular complexity index is 1330. The maximum absolute atomic E-state index is 13.3. The highest BCUT2D eigenvalue weighted by molar-refractivity contribution is 7.18. The van der Waals surface area contributed by atoms with Crippen LogP contribution in [0.2, 0.25) is 0 Å². The third-order valence-electron chi connectivity index (χ3n) is 5.43. The van der Waals surface area contributed by atoms with Crippen molar-refractivity contribution in [2.24, 2.45) is 5.73 Å². The first kappa shape index (κ1) is 23.1. The van der Waals surface area contributed by atoms with Crippen LogP contribution in [0.15, 0.2) is 72.8 Å². The first-order valence-corrected chi connectivity index (χ1v) is 11.6. The van der Waals surface area contributed by atoms with E-state index >= 15 is 0 Å². The number of hydrogen-bond donors (Lipinski definition) is 3. The van der Waals surface area contributed by atoms with Gasteiger partial charge in [-0.05, 0) is 42.3 Å². The van der Waals surface area contributed by atoms with Gasteiger partial charge in [-0.2, -0.15) is 0 Å². The lowest BCUT2D eigenvalue weighted by Gasteiger charge is -2.22. The summed E-state index contributed by atoms with van der Waals surface area (Å²) in [5.74, 6) is -1.16. The summed E-state index contributed by atoms with van der Waals surface area (Å²) >= 11 is 1.60. The van der Waals surface area contributed by atoms with E-state index < -0.39 is 5.97 Å². The Morgan fingerprint density at radius 2 is 1.68 bits per heavy atom. The second-order valence-electron chi connectivity index (χ2n) is 7.84. The lowest BCUT2D eigenvalue weighted by molar-refractivity contribution is -0.136. The number of nitrogens with two attached hydrogens (primary N) is 1. The van der Waals surface area contributed by atoms with Crippen LogP contribution in [0.3, 0.4) is 0 Å². The molecule has 1 amide bonds. The number of amidine groups is 1. The Hall–Kier alpha value is -4.04. The Balaban J connectivity index is 1.51. The SMILES string of the molecule is N=C(N)c1ccc(CCc2nc3cc(C(=O)N(CCC(=O)O)c4ccccc4)ccc3s2)cc1. The van der Waals surface area contributed by atoms with Crippen LogP contribution in [-0.4, -0.2) is 34.3 Å². The molecular weight excluding hydrogens is 448 g/mol. The van der Waals surface area contributed by atoms with Gasteiger partial charge in [-0.3, -0.25) is 15.0 Å². The van der Waals surface area contributed by atoms with E-state index in [2.05, 4.69) is 0 Å². The minimum Gasteiger partial charge on any atom is -0.481 e. The number of anilines is 1. The van der Waals surface area contributed by atoms with Gasteiger partial charge in [-0.1, -0.05) is 42.5 Å². The lowest BCUT2D eigenvalue weighted by Crippen LogP contribution is -2.33. The van der Waals surface area contributed by atoms with Gasteiger partial charge in [0.2, 0.25) is 0 Å². The van der Waals surface area contributed by atoms with Gasteiger partial charge in [0.05, 0.1) is 21.6 Å². The molecule has 0 spiro atoms. The van der Waals surface area contributed by atoms with Crippen molar-refractivity contribution in [2.45, 2.75) is 19.3 Å². The summed E-state index contributed by atoms with van der Waals surface area (Å²) in [6.45, 7) is 0.0843. The largest absolute Gasteiger partial charge is 0.481 e. The number of hydrogen-bond acceptors (Lipinski definition) is 5. The molecule has 34 heavy (non-hydrogen) atoms. The molecule has 4 aromatic rings. The number of rotatable bonds is 9. The van der Waals surface area contributed by atoms with Crippen LogP contribution in [0.1, 0.15) is 32.9 Å². The van der Waals surface area contributed by atoms with Crippen LogP contribution >= 0.6 is 11.3 Å². The van der Waals surface area contributed by atoms with Gasteiger partial charge >= 0.3 is 5.97 Å². The number of carbonyl (C=O) groups is 2. The highest BCUT2D eigenvalue weighted by atomic mass is 32.1. The molecule has 7 nitrogen and oxygen atoms in total. The van der Waals surface area contributed by atoms with E-state index in [9.17, 15) is 9.59 Å². The van der Waals surface area contributed by atoms with E-state index in [1.807, 2.05) is 48.5 Å². The van der Waals surface area contributed by atoms with Gasteiger partial charge in [-0.25, -0.2) is 4.98 Å².